The normalized spacial score (nSPS) is 11.0. The summed E-state index contributed by atoms with van der Waals surface area (Å²) in [6, 6.07) is 8.74. The van der Waals surface area contributed by atoms with Gasteiger partial charge in [-0.2, -0.15) is 9.67 Å². The van der Waals surface area contributed by atoms with Crippen LogP contribution < -0.4 is 5.32 Å². The van der Waals surface area contributed by atoms with Crippen LogP contribution in [0.1, 0.15) is 23.7 Å². The highest BCUT2D eigenvalue weighted by molar-refractivity contribution is 5.91. The summed E-state index contributed by atoms with van der Waals surface area (Å²) in [4.78, 5) is 16.5. The average molecular weight is 425 g/mol. The van der Waals surface area contributed by atoms with Gasteiger partial charge >= 0.3 is 0 Å². The lowest BCUT2D eigenvalue weighted by Crippen LogP contribution is -2.13. The molecule has 1 N–H and O–H groups in total. The molecule has 158 valence electrons. The largest absolute Gasteiger partial charge is 0.339 e. The second kappa shape index (κ2) is 8.38. The zero-order valence-electron chi connectivity index (χ0n) is 16.6. The molecule has 31 heavy (non-hydrogen) atoms. The van der Waals surface area contributed by atoms with Gasteiger partial charge in [-0.25, -0.2) is 8.78 Å². The number of carbonyl (C=O) groups is 1. The van der Waals surface area contributed by atoms with E-state index < -0.39 is 5.82 Å². The van der Waals surface area contributed by atoms with Gasteiger partial charge in [-0.3, -0.25) is 4.79 Å². The van der Waals surface area contributed by atoms with Crippen LogP contribution >= 0.6 is 0 Å². The Hall–Kier alpha value is -4.02. The number of hydrogen-bond acceptors (Lipinski definition) is 7. The van der Waals surface area contributed by atoms with Gasteiger partial charge in [0.25, 0.3) is 0 Å². The third kappa shape index (κ3) is 4.44. The van der Waals surface area contributed by atoms with Gasteiger partial charge in [0.2, 0.25) is 17.6 Å². The summed E-state index contributed by atoms with van der Waals surface area (Å²) in [5.74, 6) is -0.321. The molecule has 0 bridgehead atoms. The summed E-state index contributed by atoms with van der Waals surface area (Å²) in [7, 11) is 0. The fourth-order valence-electron chi connectivity index (χ4n) is 2.86. The Morgan fingerprint density at radius 2 is 1.97 bits per heavy atom. The molecule has 0 unspecified atom stereocenters. The van der Waals surface area contributed by atoms with Crippen molar-refractivity contribution in [2.75, 3.05) is 5.32 Å². The maximum atomic E-state index is 14.1. The van der Waals surface area contributed by atoms with E-state index in [2.05, 4.69) is 31.0 Å². The fraction of sp³-hybridized carbons (Fsp3) is 0.200. The average Bonchev–Trinajstić information content (AvgIpc) is 3.39. The maximum absolute atomic E-state index is 14.1. The summed E-state index contributed by atoms with van der Waals surface area (Å²) >= 11 is 0. The third-order valence-corrected chi connectivity index (χ3v) is 4.55. The van der Waals surface area contributed by atoms with E-state index in [1.54, 1.807) is 26.0 Å². The van der Waals surface area contributed by atoms with E-state index in [9.17, 15) is 13.6 Å². The maximum Gasteiger partial charge on any atom is 0.227 e. The second-order valence-electron chi connectivity index (χ2n) is 6.83. The summed E-state index contributed by atoms with van der Waals surface area (Å²) in [5.41, 5.74) is 1.51. The van der Waals surface area contributed by atoms with Crippen molar-refractivity contribution in [2.45, 2.75) is 26.7 Å². The minimum Gasteiger partial charge on any atom is -0.339 e. The number of nitrogens with one attached hydrogen (secondary N) is 1. The van der Waals surface area contributed by atoms with E-state index >= 15 is 0 Å². The van der Waals surface area contributed by atoms with Crippen molar-refractivity contribution >= 4 is 11.6 Å². The number of benzene rings is 2. The van der Waals surface area contributed by atoms with Crippen molar-refractivity contribution in [1.29, 1.82) is 0 Å². The predicted molar refractivity (Wildman–Crippen MR) is 105 cm³/mol. The van der Waals surface area contributed by atoms with Gasteiger partial charge in [0.1, 0.15) is 17.3 Å². The van der Waals surface area contributed by atoms with Gasteiger partial charge in [0.15, 0.2) is 5.82 Å². The van der Waals surface area contributed by atoms with E-state index in [-0.39, 0.29) is 42.0 Å². The van der Waals surface area contributed by atoms with E-state index in [4.69, 9.17) is 4.52 Å². The molecule has 4 aromatic rings. The highest BCUT2D eigenvalue weighted by Gasteiger charge is 2.14. The quantitative estimate of drug-likeness (QED) is 0.505. The van der Waals surface area contributed by atoms with Crippen molar-refractivity contribution < 1.29 is 18.1 Å². The number of rotatable bonds is 6. The van der Waals surface area contributed by atoms with Crippen molar-refractivity contribution in [3.05, 3.63) is 65.3 Å². The van der Waals surface area contributed by atoms with E-state index in [1.165, 1.54) is 28.9 Å². The first-order valence-corrected chi connectivity index (χ1v) is 9.34. The summed E-state index contributed by atoms with van der Waals surface area (Å²) in [6.07, 6.45) is 0.244. The van der Waals surface area contributed by atoms with Crippen LogP contribution in [0.15, 0.2) is 40.9 Å². The molecule has 0 fully saturated rings. The molecular weight excluding hydrogens is 408 g/mol. The van der Waals surface area contributed by atoms with Gasteiger partial charge in [-0.15, -0.1) is 5.10 Å². The van der Waals surface area contributed by atoms with Crippen LogP contribution in [0.25, 0.3) is 17.1 Å². The fourth-order valence-corrected chi connectivity index (χ4v) is 2.86. The monoisotopic (exact) mass is 425 g/mol. The lowest BCUT2D eigenvalue weighted by molar-refractivity contribution is -0.116. The number of aromatic nitrogens is 6. The van der Waals surface area contributed by atoms with E-state index in [0.29, 0.717) is 22.6 Å². The van der Waals surface area contributed by atoms with Crippen LogP contribution in [-0.2, 0) is 11.2 Å². The highest BCUT2D eigenvalue weighted by Crippen LogP contribution is 2.21. The number of nitrogens with zero attached hydrogens (tertiary/aromatic N) is 6. The predicted octanol–water partition coefficient (Wildman–Crippen LogP) is 3.18. The Kier molecular flexibility index (Phi) is 5.48. The molecule has 1 amide bonds. The molecule has 0 aliphatic heterocycles. The summed E-state index contributed by atoms with van der Waals surface area (Å²) < 4.78 is 34.2. The molecule has 0 aliphatic carbocycles. The minimum absolute atomic E-state index is 0.0561. The number of amides is 1. The number of halogens is 2. The molecule has 0 atom stereocenters. The van der Waals surface area contributed by atoms with Crippen LogP contribution in [0.3, 0.4) is 0 Å². The Balaban J connectivity index is 1.39. The van der Waals surface area contributed by atoms with Crippen molar-refractivity contribution in [3.8, 4) is 17.1 Å². The molecule has 4 rings (SSSR count). The topological polar surface area (TPSA) is 112 Å². The molecule has 2 aromatic carbocycles. The van der Waals surface area contributed by atoms with Crippen molar-refractivity contribution in [2.24, 2.45) is 0 Å². The molecule has 0 spiro atoms. The van der Waals surface area contributed by atoms with Crippen LogP contribution in [0, 0.1) is 25.5 Å². The zero-order valence-corrected chi connectivity index (χ0v) is 16.6. The lowest BCUT2D eigenvalue weighted by atomic mass is 10.1. The first-order valence-electron chi connectivity index (χ1n) is 9.34. The molecular formula is C20H17F2N7O2. The van der Waals surface area contributed by atoms with E-state index in [1.807, 2.05) is 0 Å². The second-order valence-corrected chi connectivity index (χ2v) is 6.83. The summed E-state index contributed by atoms with van der Waals surface area (Å²) in [5, 5.41) is 17.5. The lowest BCUT2D eigenvalue weighted by Gasteiger charge is -2.08. The molecule has 0 saturated heterocycles. The first-order chi connectivity index (χ1) is 14.9. The van der Waals surface area contributed by atoms with Crippen LogP contribution in [-0.4, -0.2) is 36.3 Å². The molecule has 0 radical (unpaired) electrons. The smallest absolute Gasteiger partial charge is 0.227 e. The molecule has 2 heterocycles. The standard InChI is InChI=1S/C20H17F2N7O2/c1-11-3-4-13(9-16(11)22)20-24-19(31-26-20)8-7-18(30)23-14-5-6-15(21)17(10-14)29-12(2)25-27-28-29/h3-6,9-10H,7-8H2,1-2H3,(H,23,30). The number of tetrazole rings is 1. The Morgan fingerprint density at radius 1 is 1.13 bits per heavy atom. The van der Waals surface area contributed by atoms with Gasteiger partial charge in [-0.05, 0) is 54.1 Å². The zero-order chi connectivity index (χ0) is 22.0. The highest BCUT2D eigenvalue weighted by atomic mass is 19.1. The van der Waals surface area contributed by atoms with Gasteiger partial charge in [0.05, 0.1) is 0 Å². The van der Waals surface area contributed by atoms with Crippen molar-refractivity contribution in [1.82, 2.24) is 30.3 Å². The van der Waals surface area contributed by atoms with Gasteiger partial charge in [-0.1, -0.05) is 17.3 Å². The molecule has 9 nitrogen and oxygen atoms in total. The van der Waals surface area contributed by atoms with Crippen LogP contribution in [0.5, 0.6) is 0 Å². The number of anilines is 1. The molecule has 2 aromatic heterocycles. The number of hydrogen-bond donors (Lipinski definition) is 1. The number of aryl methyl sites for hydroxylation is 3. The van der Waals surface area contributed by atoms with Crippen molar-refractivity contribution in [3.63, 3.8) is 0 Å². The Morgan fingerprint density at radius 3 is 2.71 bits per heavy atom. The molecule has 0 saturated carbocycles. The Bertz CT molecular complexity index is 1250. The summed E-state index contributed by atoms with van der Waals surface area (Å²) in [6.45, 7) is 3.29. The van der Waals surface area contributed by atoms with Crippen LogP contribution in [0.2, 0.25) is 0 Å². The minimum atomic E-state index is -0.528. The first kappa shape index (κ1) is 20.3. The Labute approximate surface area is 175 Å². The molecule has 0 aliphatic rings. The van der Waals surface area contributed by atoms with Gasteiger partial charge < -0.3 is 9.84 Å². The third-order valence-electron chi connectivity index (χ3n) is 4.55. The van der Waals surface area contributed by atoms with E-state index in [0.717, 1.165) is 0 Å². The van der Waals surface area contributed by atoms with Gasteiger partial charge in [0, 0.05) is 24.1 Å². The SMILES string of the molecule is Cc1ccc(-c2noc(CCC(=O)Nc3ccc(F)c(-n4nnnc4C)c3)n2)cc1F. The van der Waals surface area contributed by atoms with Crippen LogP contribution in [0.4, 0.5) is 14.5 Å². The molecule has 11 heteroatoms. The number of carbonyl (C=O) groups excluding carboxylic acids is 1.